The van der Waals surface area contributed by atoms with Crippen molar-refractivity contribution in [3.63, 3.8) is 0 Å². The molecule has 0 aromatic heterocycles. The minimum absolute atomic E-state index is 0. The maximum absolute atomic E-state index is 5.67. The second-order valence-electron chi connectivity index (χ2n) is 6.68. The van der Waals surface area contributed by atoms with Crippen LogP contribution in [-0.4, -0.2) is 46.5 Å². The Labute approximate surface area is 197 Å². The average molecular weight is 527 g/mol. The summed E-state index contributed by atoms with van der Waals surface area (Å²) in [5.41, 5.74) is 3.52. The second kappa shape index (κ2) is 14.9. The molecule has 7 heteroatoms. The van der Waals surface area contributed by atoms with E-state index in [0.717, 1.165) is 42.5 Å². The van der Waals surface area contributed by atoms with E-state index in [2.05, 4.69) is 36.6 Å². The molecule has 0 spiro atoms. The number of rotatable bonds is 11. The van der Waals surface area contributed by atoms with E-state index in [1.807, 2.05) is 30.3 Å². The molecule has 0 amide bonds. The molecule has 2 aromatic carbocycles. The SMILES string of the molecule is CCNC(=NCc1cccc(OCCOC)c1)NCCc1cc(C)ccc1OC.I. The number of aliphatic imine (C=N–C) groups is 1. The van der Waals surface area contributed by atoms with Crippen molar-refractivity contribution in [1.82, 2.24) is 10.6 Å². The third kappa shape index (κ3) is 9.21. The van der Waals surface area contributed by atoms with Crippen molar-refractivity contribution >= 4 is 29.9 Å². The summed E-state index contributed by atoms with van der Waals surface area (Å²) in [7, 11) is 3.37. The highest BCUT2D eigenvalue weighted by Gasteiger charge is 2.04. The van der Waals surface area contributed by atoms with E-state index in [0.29, 0.717) is 19.8 Å². The number of hydrogen-bond acceptors (Lipinski definition) is 4. The van der Waals surface area contributed by atoms with Crippen LogP contribution in [0.1, 0.15) is 23.6 Å². The Kier molecular flexibility index (Phi) is 12.9. The van der Waals surface area contributed by atoms with Gasteiger partial charge in [0.2, 0.25) is 0 Å². The summed E-state index contributed by atoms with van der Waals surface area (Å²) in [6.45, 7) is 7.41. The van der Waals surface area contributed by atoms with Gasteiger partial charge < -0.3 is 24.8 Å². The Morgan fingerprint density at radius 2 is 1.87 bits per heavy atom. The number of nitrogens with zero attached hydrogens (tertiary/aromatic N) is 1. The Bertz CT molecular complexity index is 784. The van der Waals surface area contributed by atoms with Gasteiger partial charge in [-0.25, -0.2) is 4.99 Å². The number of ether oxygens (including phenoxy) is 3. The van der Waals surface area contributed by atoms with E-state index in [1.54, 1.807) is 14.2 Å². The Morgan fingerprint density at radius 1 is 1.03 bits per heavy atom. The summed E-state index contributed by atoms with van der Waals surface area (Å²) in [6.07, 6.45) is 0.859. The molecule has 0 aliphatic rings. The first-order valence-electron chi connectivity index (χ1n) is 10.0. The lowest BCUT2D eigenvalue weighted by Crippen LogP contribution is -2.38. The van der Waals surface area contributed by atoms with Crippen LogP contribution in [0.25, 0.3) is 0 Å². The fourth-order valence-electron chi connectivity index (χ4n) is 2.91. The molecule has 166 valence electrons. The molecular formula is C23H34IN3O3. The van der Waals surface area contributed by atoms with Gasteiger partial charge in [-0.15, -0.1) is 24.0 Å². The number of methoxy groups -OCH3 is 2. The normalized spacial score (nSPS) is 10.9. The molecule has 0 atom stereocenters. The first-order chi connectivity index (χ1) is 14.2. The lowest BCUT2D eigenvalue weighted by atomic mass is 10.1. The van der Waals surface area contributed by atoms with Crippen LogP contribution >= 0.6 is 24.0 Å². The van der Waals surface area contributed by atoms with Gasteiger partial charge in [0.25, 0.3) is 0 Å². The Balaban J connectivity index is 0.00000450. The predicted octanol–water partition coefficient (Wildman–Crippen LogP) is 3.94. The Hall–Kier alpha value is -2.00. The van der Waals surface area contributed by atoms with Crippen LogP contribution in [0.2, 0.25) is 0 Å². The van der Waals surface area contributed by atoms with Crippen molar-refractivity contribution in [2.75, 3.05) is 40.5 Å². The topological polar surface area (TPSA) is 64.1 Å². The third-order valence-corrected chi connectivity index (χ3v) is 4.34. The van der Waals surface area contributed by atoms with Crippen molar-refractivity contribution in [3.05, 3.63) is 59.2 Å². The van der Waals surface area contributed by atoms with E-state index in [-0.39, 0.29) is 24.0 Å². The van der Waals surface area contributed by atoms with Gasteiger partial charge in [-0.05, 0) is 49.6 Å². The maximum atomic E-state index is 5.67. The largest absolute Gasteiger partial charge is 0.496 e. The summed E-state index contributed by atoms with van der Waals surface area (Å²) >= 11 is 0. The quantitative estimate of drug-likeness (QED) is 0.201. The molecule has 0 heterocycles. The zero-order valence-electron chi connectivity index (χ0n) is 18.4. The van der Waals surface area contributed by atoms with Gasteiger partial charge in [0.1, 0.15) is 18.1 Å². The third-order valence-electron chi connectivity index (χ3n) is 4.34. The molecule has 0 bridgehead atoms. The monoisotopic (exact) mass is 527 g/mol. The van der Waals surface area contributed by atoms with E-state index in [1.165, 1.54) is 11.1 Å². The van der Waals surface area contributed by atoms with Gasteiger partial charge in [-0.1, -0.05) is 29.8 Å². The van der Waals surface area contributed by atoms with E-state index < -0.39 is 0 Å². The lowest BCUT2D eigenvalue weighted by Gasteiger charge is -2.13. The van der Waals surface area contributed by atoms with Crippen molar-refractivity contribution in [3.8, 4) is 11.5 Å². The molecule has 2 N–H and O–H groups in total. The fraction of sp³-hybridized carbons (Fsp3) is 0.435. The van der Waals surface area contributed by atoms with E-state index >= 15 is 0 Å². The molecule has 2 aromatic rings. The van der Waals surface area contributed by atoms with Gasteiger partial charge in [-0.2, -0.15) is 0 Å². The minimum atomic E-state index is 0. The molecule has 2 rings (SSSR count). The summed E-state index contributed by atoms with van der Waals surface area (Å²) in [5, 5.41) is 6.70. The summed E-state index contributed by atoms with van der Waals surface area (Å²) in [4.78, 5) is 4.70. The van der Waals surface area contributed by atoms with Gasteiger partial charge in [0, 0.05) is 20.2 Å². The van der Waals surface area contributed by atoms with Crippen molar-refractivity contribution < 1.29 is 14.2 Å². The predicted molar refractivity (Wildman–Crippen MR) is 133 cm³/mol. The first kappa shape index (κ1) is 26.0. The van der Waals surface area contributed by atoms with Crippen molar-refractivity contribution in [1.29, 1.82) is 0 Å². The van der Waals surface area contributed by atoms with Crippen molar-refractivity contribution in [2.24, 2.45) is 4.99 Å². The number of nitrogens with one attached hydrogen (secondary N) is 2. The highest BCUT2D eigenvalue weighted by molar-refractivity contribution is 14.0. The standard InChI is InChI=1S/C23H33N3O3.HI/c1-5-24-23(25-12-11-20-15-18(2)9-10-22(20)28-4)26-17-19-7-6-8-21(16-19)29-14-13-27-3;/h6-10,15-16H,5,11-14,17H2,1-4H3,(H2,24,25,26);1H. The van der Waals surface area contributed by atoms with Crippen LogP contribution in [0.4, 0.5) is 0 Å². The first-order valence-corrected chi connectivity index (χ1v) is 10.0. The summed E-state index contributed by atoms with van der Waals surface area (Å²) < 4.78 is 16.2. The van der Waals surface area contributed by atoms with Crippen LogP contribution < -0.4 is 20.1 Å². The molecule has 0 fully saturated rings. The number of halogens is 1. The lowest BCUT2D eigenvalue weighted by molar-refractivity contribution is 0.146. The molecule has 0 saturated carbocycles. The highest BCUT2D eigenvalue weighted by Crippen LogP contribution is 2.19. The van der Waals surface area contributed by atoms with E-state index in [4.69, 9.17) is 19.2 Å². The maximum Gasteiger partial charge on any atom is 0.191 e. The molecule has 6 nitrogen and oxygen atoms in total. The van der Waals surface area contributed by atoms with Crippen LogP contribution in [0.5, 0.6) is 11.5 Å². The number of hydrogen-bond donors (Lipinski definition) is 2. The zero-order valence-corrected chi connectivity index (χ0v) is 20.7. The average Bonchev–Trinajstić information content (AvgIpc) is 2.73. The molecule has 30 heavy (non-hydrogen) atoms. The molecule has 0 aliphatic carbocycles. The van der Waals surface area contributed by atoms with Gasteiger partial charge in [0.05, 0.1) is 20.3 Å². The van der Waals surface area contributed by atoms with Gasteiger partial charge in [-0.3, -0.25) is 0 Å². The molecule has 0 radical (unpaired) electrons. The van der Waals surface area contributed by atoms with Crippen LogP contribution in [0, 0.1) is 6.92 Å². The molecule has 0 saturated heterocycles. The molecule has 0 aliphatic heterocycles. The number of benzene rings is 2. The number of guanidine groups is 1. The number of aryl methyl sites for hydroxylation is 1. The van der Waals surface area contributed by atoms with Crippen molar-refractivity contribution in [2.45, 2.75) is 26.8 Å². The minimum Gasteiger partial charge on any atom is -0.496 e. The van der Waals surface area contributed by atoms with Crippen LogP contribution in [0.3, 0.4) is 0 Å². The van der Waals surface area contributed by atoms with Crippen LogP contribution in [-0.2, 0) is 17.7 Å². The van der Waals surface area contributed by atoms with E-state index in [9.17, 15) is 0 Å². The highest BCUT2D eigenvalue weighted by atomic mass is 127. The molecule has 0 unspecified atom stereocenters. The van der Waals surface area contributed by atoms with Crippen LogP contribution in [0.15, 0.2) is 47.5 Å². The van der Waals surface area contributed by atoms with Gasteiger partial charge in [0.15, 0.2) is 5.96 Å². The molecular weight excluding hydrogens is 493 g/mol. The Morgan fingerprint density at radius 3 is 2.60 bits per heavy atom. The zero-order chi connectivity index (χ0) is 20.9. The second-order valence-corrected chi connectivity index (χ2v) is 6.68. The summed E-state index contributed by atoms with van der Waals surface area (Å²) in [6, 6.07) is 14.2. The smallest absolute Gasteiger partial charge is 0.191 e. The van der Waals surface area contributed by atoms with Gasteiger partial charge >= 0.3 is 0 Å². The fourth-order valence-corrected chi connectivity index (χ4v) is 2.91. The summed E-state index contributed by atoms with van der Waals surface area (Å²) in [5.74, 6) is 2.55.